The third kappa shape index (κ3) is 3.65. The van der Waals surface area contributed by atoms with E-state index in [1.54, 1.807) is 38.1 Å². The molecule has 0 amide bonds. The Hall–Kier alpha value is -4.02. The molecule has 0 atom stereocenters. The van der Waals surface area contributed by atoms with Crippen molar-refractivity contribution in [1.29, 1.82) is 0 Å². The highest BCUT2D eigenvalue weighted by Gasteiger charge is 2.24. The SMILES string of the molecule is CC(C)n1nc(C(=O)OCC(=O)c2c(N)n(C)c(=O)n(C)c2=O)c2ccccc2c1=O. The normalized spacial score (nSPS) is 11.1. The molecule has 0 aliphatic rings. The summed E-state index contributed by atoms with van der Waals surface area (Å²) < 4.78 is 7.93. The number of Topliss-reactive ketones (excluding diaryl/α,β-unsaturated/α-hetero) is 1. The average Bonchev–Trinajstić information content (AvgIpc) is 2.75. The van der Waals surface area contributed by atoms with Crippen molar-refractivity contribution < 1.29 is 14.3 Å². The molecule has 0 aliphatic heterocycles. The van der Waals surface area contributed by atoms with Crippen LogP contribution in [0.4, 0.5) is 5.82 Å². The van der Waals surface area contributed by atoms with Gasteiger partial charge in [-0.3, -0.25) is 23.5 Å². The first kappa shape index (κ1) is 21.7. The molecule has 3 rings (SSSR count). The molecule has 2 aromatic heterocycles. The number of aromatic nitrogens is 4. The molecule has 1 aromatic carbocycles. The number of hydrogen-bond acceptors (Lipinski definition) is 8. The van der Waals surface area contributed by atoms with Crippen LogP contribution in [0, 0.1) is 0 Å². The maximum absolute atomic E-state index is 12.7. The van der Waals surface area contributed by atoms with E-state index in [1.807, 2.05) is 0 Å². The van der Waals surface area contributed by atoms with Gasteiger partial charge in [0.15, 0.2) is 12.3 Å². The Morgan fingerprint density at radius 2 is 1.65 bits per heavy atom. The van der Waals surface area contributed by atoms with Gasteiger partial charge in [0.05, 0.1) is 11.4 Å². The highest BCUT2D eigenvalue weighted by atomic mass is 16.5. The van der Waals surface area contributed by atoms with E-state index in [4.69, 9.17) is 10.5 Å². The Balaban J connectivity index is 1.98. The van der Waals surface area contributed by atoms with Crippen LogP contribution < -0.4 is 22.5 Å². The molecule has 11 nitrogen and oxygen atoms in total. The Bertz CT molecular complexity index is 1400. The standard InChI is InChI=1S/C20H21N5O6/c1-10(2)25-17(27)12-8-6-5-7-11(12)15(22-25)19(29)31-9-13(26)14-16(21)23(3)20(30)24(4)18(14)28/h5-8,10H,9,21H2,1-4H3. The quantitative estimate of drug-likeness (QED) is 0.442. The van der Waals surface area contributed by atoms with E-state index in [-0.39, 0.29) is 33.9 Å². The zero-order chi connectivity index (χ0) is 23.0. The zero-order valence-corrected chi connectivity index (χ0v) is 17.4. The first-order chi connectivity index (χ1) is 14.6. The van der Waals surface area contributed by atoms with Crippen LogP contribution in [0.1, 0.15) is 40.7 Å². The molecule has 2 heterocycles. The van der Waals surface area contributed by atoms with Gasteiger partial charge in [-0.05, 0) is 19.9 Å². The van der Waals surface area contributed by atoms with E-state index in [9.17, 15) is 24.0 Å². The summed E-state index contributed by atoms with van der Waals surface area (Å²) in [6, 6.07) is 6.09. The third-order valence-corrected chi connectivity index (χ3v) is 4.83. The Morgan fingerprint density at radius 1 is 1.03 bits per heavy atom. The van der Waals surface area contributed by atoms with Crippen molar-refractivity contribution in [1.82, 2.24) is 18.9 Å². The van der Waals surface area contributed by atoms with E-state index in [0.717, 1.165) is 13.8 Å². The van der Waals surface area contributed by atoms with Crippen molar-refractivity contribution >= 4 is 28.3 Å². The fraction of sp³-hybridized carbons (Fsp3) is 0.300. The summed E-state index contributed by atoms with van der Waals surface area (Å²) in [5.74, 6) is -2.14. The van der Waals surface area contributed by atoms with Crippen LogP contribution in [0.5, 0.6) is 0 Å². The number of fused-ring (bicyclic) bond motifs is 1. The molecular weight excluding hydrogens is 406 g/mol. The van der Waals surface area contributed by atoms with Gasteiger partial charge in [-0.15, -0.1) is 0 Å². The predicted octanol–water partition coefficient (Wildman–Crippen LogP) is -0.00330. The fourth-order valence-corrected chi connectivity index (χ4v) is 3.10. The number of nitrogen functional groups attached to an aromatic ring is 1. The number of carbonyl (C=O) groups excluding carboxylic acids is 2. The molecule has 2 N–H and O–H groups in total. The van der Waals surface area contributed by atoms with Crippen molar-refractivity contribution in [2.24, 2.45) is 14.1 Å². The van der Waals surface area contributed by atoms with Crippen LogP contribution in [-0.4, -0.2) is 37.3 Å². The summed E-state index contributed by atoms with van der Waals surface area (Å²) in [4.78, 5) is 62.1. The molecule has 11 heteroatoms. The first-order valence-corrected chi connectivity index (χ1v) is 9.33. The monoisotopic (exact) mass is 427 g/mol. The van der Waals surface area contributed by atoms with E-state index in [0.29, 0.717) is 0 Å². The van der Waals surface area contributed by atoms with Crippen LogP contribution in [0.2, 0.25) is 0 Å². The van der Waals surface area contributed by atoms with Crippen molar-refractivity contribution in [3.05, 3.63) is 66.7 Å². The summed E-state index contributed by atoms with van der Waals surface area (Å²) >= 11 is 0. The zero-order valence-electron chi connectivity index (χ0n) is 17.4. The number of nitrogens with zero attached hydrogens (tertiary/aromatic N) is 4. The van der Waals surface area contributed by atoms with Crippen LogP contribution in [-0.2, 0) is 18.8 Å². The van der Waals surface area contributed by atoms with E-state index in [1.165, 1.54) is 14.1 Å². The van der Waals surface area contributed by atoms with Crippen LogP contribution in [0.3, 0.4) is 0 Å². The maximum atomic E-state index is 12.7. The minimum absolute atomic E-state index is 0.141. The maximum Gasteiger partial charge on any atom is 0.359 e. The lowest BCUT2D eigenvalue weighted by atomic mass is 10.1. The molecule has 31 heavy (non-hydrogen) atoms. The van der Waals surface area contributed by atoms with Gasteiger partial charge in [0, 0.05) is 19.5 Å². The lowest BCUT2D eigenvalue weighted by Gasteiger charge is -2.13. The van der Waals surface area contributed by atoms with Gasteiger partial charge in [0.1, 0.15) is 11.4 Å². The Morgan fingerprint density at radius 3 is 2.26 bits per heavy atom. The highest BCUT2D eigenvalue weighted by molar-refractivity contribution is 6.05. The fourth-order valence-electron chi connectivity index (χ4n) is 3.10. The summed E-state index contributed by atoms with van der Waals surface area (Å²) in [6.07, 6.45) is 0. The molecule has 0 radical (unpaired) electrons. The van der Waals surface area contributed by atoms with E-state index < -0.39 is 35.2 Å². The lowest BCUT2D eigenvalue weighted by molar-refractivity contribution is 0.0467. The molecule has 3 aromatic rings. The van der Waals surface area contributed by atoms with Gasteiger partial charge < -0.3 is 10.5 Å². The average molecular weight is 427 g/mol. The molecule has 0 bridgehead atoms. The van der Waals surface area contributed by atoms with Gasteiger partial charge in [-0.2, -0.15) is 5.10 Å². The first-order valence-electron chi connectivity index (χ1n) is 9.33. The number of esters is 1. The molecular formula is C20H21N5O6. The number of rotatable bonds is 5. The molecule has 162 valence electrons. The van der Waals surface area contributed by atoms with Crippen LogP contribution in [0.25, 0.3) is 10.8 Å². The second-order valence-corrected chi connectivity index (χ2v) is 7.20. The van der Waals surface area contributed by atoms with Gasteiger partial charge in [0.2, 0.25) is 5.78 Å². The number of anilines is 1. The summed E-state index contributed by atoms with van der Waals surface area (Å²) in [5, 5.41) is 4.66. The molecule has 0 fully saturated rings. The van der Waals surface area contributed by atoms with Crippen LogP contribution in [0.15, 0.2) is 38.6 Å². The predicted molar refractivity (Wildman–Crippen MR) is 112 cm³/mol. The van der Waals surface area contributed by atoms with Gasteiger partial charge >= 0.3 is 11.7 Å². The Labute approximate surface area is 175 Å². The van der Waals surface area contributed by atoms with Gasteiger partial charge in [-0.1, -0.05) is 18.2 Å². The van der Waals surface area contributed by atoms with Crippen molar-refractivity contribution in [3.63, 3.8) is 0 Å². The largest absolute Gasteiger partial charge is 0.452 e. The van der Waals surface area contributed by atoms with E-state index >= 15 is 0 Å². The molecule has 0 saturated carbocycles. The summed E-state index contributed by atoms with van der Waals surface area (Å²) in [7, 11) is 2.52. The third-order valence-electron chi connectivity index (χ3n) is 4.83. The van der Waals surface area contributed by atoms with Crippen LogP contribution >= 0.6 is 0 Å². The van der Waals surface area contributed by atoms with Gasteiger partial charge in [0.25, 0.3) is 11.1 Å². The number of benzene rings is 1. The minimum Gasteiger partial charge on any atom is -0.452 e. The highest BCUT2D eigenvalue weighted by Crippen LogP contribution is 2.16. The van der Waals surface area contributed by atoms with Crippen molar-refractivity contribution in [2.75, 3.05) is 12.3 Å². The number of hydrogen-bond donors (Lipinski definition) is 1. The molecule has 0 saturated heterocycles. The smallest absolute Gasteiger partial charge is 0.359 e. The molecule has 0 unspecified atom stereocenters. The molecule has 0 aliphatic carbocycles. The summed E-state index contributed by atoms with van der Waals surface area (Å²) in [6.45, 7) is 2.67. The number of ether oxygens (including phenoxy) is 1. The number of nitrogens with two attached hydrogens (primary N) is 1. The number of ketones is 1. The van der Waals surface area contributed by atoms with Crippen molar-refractivity contribution in [3.8, 4) is 0 Å². The number of carbonyl (C=O) groups is 2. The second kappa shape index (κ2) is 8.01. The summed E-state index contributed by atoms with van der Waals surface area (Å²) in [5.41, 5.74) is 3.21. The Kier molecular flexibility index (Phi) is 5.60. The second-order valence-electron chi connectivity index (χ2n) is 7.20. The molecule has 0 spiro atoms. The lowest BCUT2D eigenvalue weighted by Crippen LogP contribution is -2.42. The van der Waals surface area contributed by atoms with Gasteiger partial charge in [-0.25, -0.2) is 14.3 Å². The van der Waals surface area contributed by atoms with Crippen molar-refractivity contribution in [2.45, 2.75) is 19.9 Å². The minimum atomic E-state index is -0.945. The van der Waals surface area contributed by atoms with E-state index in [2.05, 4.69) is 5.10 Å². The topological polar surface area (TPSA) is 148 Å².